The molecular weight excluding hydrogens is 276 g/mol. The minimum Gasteiger partial charge on any atom is -0.399 e. The van der Waals surface area contributed by atoms with Crippen molar-refractivity contribution < 1.29 is 4.79 Å². The highest BCUT2D eigenvalue weighted by molar-refractivity contribution is 8.01. The Morgan fingerprint density at radius 2 is 2.26 bits per heavy atom. The van der Waals surface area contributed by atoms with Crippen molar-refractivity contribution in [2.45, 2.75) is 29.4 Å². The van der Waals surface area contributed by atoms with Crippen LogP contribution in [0.2, 0.25) is 0 Å². The molecule has 2 aliphatic heterocycles. The fourth-order valence-corrected chi connectivity index (χ4v) is 4.92. The molecule has 2 heterocycles. The zero-order chi connectivity index (χ0) is 13.5. The molecule has 0 saturated carbocycles. The van der Waals surface area contributed by atoms with E-state index in [1.807, 2.05) is 23.1 Å². The van der Waals surface area contributed by atoms with Gasteiger partial charge < -0.3 is 10.6 Å². The number of nitrogen functional groups attached to an aromatic ring is 1. The monoisotopic (exact) mass is 294 g/mol. The van der Waals surface area contributed by atoms with Gasteiger partial charge in [0.25, 0.3) is 0 Å². The van der Waals surface area contributed by atoms with Crippen LogP contribution in [-0.4, -0.2) is 28.7 Å². The third kappa shape index (κ3) is 2.34. The highest BCUT2D eigenvalue weighted by atomic mass is 32.2. The second-order valence-electron chi connectivity index (χ2n) is 5.22. The second-order valence-corrected chi connectivity index (χ2v) is 7.95. The molecule has 1 aromatic rings. The normalized spacial score (nSPS) is 26.3. The first-order valence-electron chi connectivity index (χ1n) is 6.58. The van der Waals surface area contributed by atoms with Crippen LogP contribution in [0.4, 0.5) is 11.4 Å². The van der Waals surface area contributed by atoms with Crippen LogP contribution in [-0.2, 0) is 4.79 Å². The molecule has 1 amide bonds. The Kier molecular flexibility index (Phi) is 3.43. The number of fused-ring (bicyclic) bond motifs is 1. The van der Waals surface area contributed by atoms with Crippen LogP contribution in [0.1, 0.15) is 19.8 Å². The van der Waals surface area contributed by atoms with Crippen molar-refractivity contribution in [1.82, 2.24) is 0 Å². The molecule has 5 heteroatoms. The number of benzene rings is 1. The highest BCUT2D eigenvalue weighted by Gasteiger charge is 2.41. The average Bonchev–Trinajstić information content (AvgIpc) is 2.85. The van der Waals surface area contributed by atoms with Crippen molar-refractivity contribution in [2.75, 3.05) is 28.7 Å². The molecule has 19 heavy (non-hydrogen) atoms. The van der Waals surface area contributed by atoms with Crippen LogP contribution >= 0.6 is 23.5 Å². The van der Waals surface area contributed by atoms with E-state index in [9.17, 15) is 4.79 Å². The van der Waals surface area contributed by atoms with Gasteiger partial charge in [-0.05, 0) is 43.7 Å². The molecule has 102 valence electrons. The van der Waals surface area contributed by atoms with E-state index in [1.165, 1.54) is 4.90 Å². The molecule has 0 bridgehead atoms. The number of amides is 1. The summed E-state index contributed by atoms with van der Waals surface area (Å²) < 4.78 is -0.246. The first-order chi connectivity index (χ1) is 9.10. The fourth-order valence-electron chi connectivity index (χ4n) is 2.68. The molecule has 3 nitrogen and oxygen atoms in total. The van der Waals surface area contributed by atoms with Gasteiger partial charge in [-0.3, -0.25) is 4.79 Å². The van der Waals surface area contributed by atoms with Gasteiger partial charge in [-0.15, -0.1) is 23.5 Å². The number of hydrogen-bond acceptors (Lipinski definition) is 4. The number of hydrogen-bond donors (Lipinski definition) is 1. The van der Waals surface area contributed by atoms with Gasteiger partial charge in [-0.25, -0.2) is 0 Å². The van der Waals surface area contributed by atoms with Gasteiger partial charge in [0.05, 0.1) is 10.4 Å². The zero-order valence-electron chi connectivity index (χ0n) is 11.0. The molecule has 1 fully saturated rings. The quantitative estimate of drug-likeness (QED) is 0.809. The van der Waals surface area contributed by atoms with Gasteiger partial charge >= 0.3 is 0 Å². The van der Waals surface area contributed by atoms with Gasteiger partial charge in [-0.1, -0.05) is 0 Å². The van der Waals surface area contributed by atoms with E-state index in [2.05, 4.69) is 6.92 Å². The Morgan fingerprint density at radius 3 is 3.00 bits per heavy atom. The SMILES string of the molecule is CC1(C(=O)N2CCSc3ccc(N)cc32)CCCS1. The number of nitrogens with zero attached hydrogens (tertiary/aromatic N) is 1. The van der Waals surface area contributed by atoms with Crippen LogP contribution < -0.4 is 10.6 Å². The van der Waals surface area contributed by atoms with Crippen molar-refractivity contribution in [3.63, 3.8) is 0 Å². The summed E-state index contributed by atoms with van der Waals surface area (Å²) >= 11 is 3.60. The second kappa shape index (κ2) is 4.94. The Hall–Kier alpha value is -0.810. The van der Waals surface area contributed by atoms with Gasteiger partial charge in [0.15, 0.2) is 0 Å². The first-order valence-corrected chi connectivity index (χ1v) is 8.55. The van der Waals surface area contributed by atoms with Crippen molar-refractivity contribution in [2.24, 2.45) is 0 Å². The Bertz CT molecular complexity index is 512. The van der Waals surface area contributed by atoms with E-state index in [-0.39, 0.29) is 10.7 Å². The predicted octanol–water partition coefficient (Wildman–Crippen LogP) is 2.99. The van der Waals surface area contributed by atoms with Crippen molar-refractivity contribution in [3.8, 4) is 0 Å². The molecule has 0 radical (unpaired) electrons. The van der Waals surface area contributed by atoms with Gasteiger partial charge in [0.1, 0.15) is 0 Å². The summed E-state index contributed by atoms with van der Waals surface area (Å²) in [5.41, 5.74) is 7.60. The lowest BCUT2D eigenvalue weighted by Crippen LogP contribution is -2.46. The Morgan fingerprint density at radius 1 is 1.42 bits per heavy atom. The Balaban J connectivity index is 1.95. The number of anilines is 2. The van der Waals surface area contributed by atoms with Crippen molar-refractivity contribution in [3.05, 3.63) is 18.2 Å². The predicted molar refractivity (Wildman–Crippen MR) is 84.0 cm³/mol. The molecule has 1 aromatic carbocycles. The number of carbonyl (C=O) groups is 1. The number of thioether (sulfide) groups is 2. The van der Waals surface area contributed by atoms with Crippen LogP contribution in [0.3, 0.4) is 0 Å². The summed E-state index contributed by atoms with van der Waals surface area (Å²) in [5, 5.41) is 0. The Labute approximate surface area is 122 Å². The van der Waals surface area contributed by atoms with Crippen molar-refractivity contribution in [1.29, 1.82) is 0 Å². The largest absolute Gasteiger partial charge is 0.399 e. The lowest BCUT2D eigenvalue weighted by Gasteiger charge is -2.35. The number of rotatable bonds is 1. The van der Waals surface area contributed by atoms with Crippen LogP contribution in [0.25, 0.3) is 0 Å². The molecule has 0 spiro atoms. The summed E-state index contributed by atoms with van der Waals surface area (Å²) in [6.45, 7) is 2.87. The molecule has 2 N–H and O–H groups in total. The van der Waals surface area contributed by atoms with E-state index >= 15 is 0 Å². The molecule has 3 rings (SSSR count). The van der Waals surface area contributed by atoms with Crippen LogP contribution in [0.5, 0.6) is 0 Å². The van der Waals surface area contributed by atoms with E-state index in [4.69, 9.17) is 5.73 Å². The summed E-state index contributed by atoms with van der Waals surface area (Å²) in [4.78, 5) is 16.0. The molecule has 0 aliphatic carbocycles. The summed E-state index contributed by atoms with van der Waals surface area (Å²) in [5.74, 6) is 2.31. The lowest BCUT2D eigenvalue weighted by molar-refractivity contribution is -0.120. The van der Waals surface area contributed by atoms with Crippen molar-refractivity contribution >= 4 is 40.8 Å². The van der Waals surface area contributed by atoms with Gasteiger partial charge in [0.2, 0.25) is 5.91 Å². The molecule has 1 unspecified atom stereocenters. The van der Waals surface area contributed by atoms with E-state index in [0.717, 1.165) is 42.3 Å². The lowest BCUT2D eigenvalue weighted by atomic mass is 10.0. The summed E-state index contributed by atoms with van der Waals surface area (Å²) in [6, 6.07) is 5.87. The fraction of sp³-hybridized carbons (Fsp3) is 0.500. The smallest absolute Gasteiger partial charge is 0.242 e. The van der Waals surface area contributed by atoms with Gasteiger partial charge in [0, 0.05) is 22.9 Å². The minimum atomic E-state index is -0.246. The van der Waals surface area contributed by atoms with E-state index < -0.39 is 0 Å². The van der Waals surface area contributed by atoms with Crippen LogP contribution in [0.15, 0.2) is 23.1 Å². The average molecular weight is 294 g/mol. The first kappa shape index (κ1) is 13.2. The maximum atomic E-state index is 12.9. The van der Waals surface area contributed by atoms with Crippen LogP contribution in [0, 0.1) is 0 Å². The summed E-state index contributed by atoms with van der Waals surface area (Å²) in [7, 11) is 0. The highest BCUT2D eigenvalue weighted by Crippen LogP contribution is 2.43. The third-order valence-corrected chi connectivity index (χ3v) is 6.31. The maximum Gasteiger partial charge on any atom is 0.242 e. The van der Waals surface area contributed by atoms with E-state index in [0.29, 0.717) is 0 Å². The maximum absolute atomic E-state index is 12.9. The molecule has 1 atom stereocenters. The van der Waals surface area contributed by atoms with E-state index in [1.54, 1.807) is 23.5 Å². The zero-order valence-corrected chi connectivity index (χ0v) is 12.6. The van der Waals surface area contributed by atoms with Gasteiger partial charge in [-0.2, -0.15) is 0 Å². The minimum absolute atomic E-state index is 0.246. The number of nitrogens with two attached hydrogens (primary N) is 1. The standard InChI is InChI=1S/C14H18N2OS2/c1-14(5-2-7-19-14)13(17)16-6-8-18-12-4-3-10(15)9-11(12)16/h3-4,9H,2,5-8,15H2,1H3. The third-order valence-electron chi connectivity index (χ3n) is 3.76. The molecule has 1 saturated heterocycles. The summed E-state index contributed by atoms with van der Waals surface area (Å²) in [6.07, 6.45) is 2.12. The topological polar surface area (TPSA) is 46.3 Å². The molecule has 0 aromatic heterocycles. The number of carbonyl (C=O) groups excluding carboxylic acids is 1. The molecule has 2 aliphatic rings. The molecular formula is C14H18N2OS2.